The average Bonchev–Trinajstić information content (AvgIpc) is 3.16. The molecule has 1 saturated heterocycles. The van der Waals surface area contributed by atoms with Gasteiger partial charge >= 0.3 is 0 Å². The van der Waals surface area contributed by atoms with Crippen molar-refractivity contribution in [1.82, 2.24) is 4.90 Å². The van der Waals surface area contributed by atoms with Crippen molar-refractivity contribution in [2.45, 2.75) is 18.9 Å². The SMILES string of the molecule is O=C(COc1ccccc1I)N1CCCC1c1cccs1. The molecule has 1 aliphatic rings. The van der Waals surface area contributed by atoms with Crippen molar-refractivity contribution in [3.63, 3.8) is 0 Å². The Morgan fingerprint density at radius 1 is 1.33 bits per heavy atom. The first-order valence-corrected chi connectivity index (χ1v) is 8.92. The number of carbonyl (C=O) groups excluding carboxylic acids is 1. The highest BCUT2D eigenvalue weighted by Crippen LogP contribution is 2.34. The van der Waals surface area contributed by atoms with Gasteiger partial charge < -0.3 is 9.64 Å². The summed E-state index contributed by atoms with van der Waals surface area (Å²) in [6, 6.07) is 12.2. The van der Waals surface area contributed by atoms with Crippen LogP contribution in [0.5, 0.6) is 5.75 Å². The van der Waals surface area contributed by atoms with Crippen molar-refractivity contribution in [2.75, 3.05) is 13.2 Å². The normalized spacial score (nSPS) is 18.0. The van der Waals surface area contributed by atoms with Gasteiger partial charge in [-0.25, -0.2) is 0 Å². The number of ether oxygens (including phenoxy) is 1. The van der Waals surface area contributed by atoms with Crippen molar-refractivity contribution >= 4 is 39.8 Å². The Labute approximate surface area is 142 Å². The molecular formula is C16H16INO2S. The van der Waals surface area contributed by atoms with E-state index in [4.69, 9.17) is 4.74 Å². The molecule has 3 rings (SSSR count). The van der Waals surface area contributed by atoms with Crippen LogP contribution in [0, 0.1) is 3.57 Å². The van der Waals surface area contributed by atoms with Gasteiger partial charge in [0.1, 0.15) is 5.75 Å². The second-order valence-electron chi connectivity index (χ2n) is 4.98. The number of amides is 1. The van der Waals surface area contributed by atoms with Crippen molar-refractivity contribution in [2.24, 2.45) is 0 Å². The second kappa shape index (κ2) is 6.79. The van der Waals surface area contributed by atoms with Gasteiger partial charge in [0, 0.05) is 11.4 Å². The molecule has 1 fully saturated rings. The number of para-hydroxylation sites is 1. The molecule has 1 unspecified atom stereocenters. The lowest BCUT2D eigenvalue weighted by Crippen LogP contribution is -2.34. The molecule has 0 N–H and O–H groups in total. The van der Waals surface area contributed by atoms with E-state index in [-0.39, 0.29) is 18.6 Å². The van der Waals surface area contributed by atoms with Crippen LogP contribution in [-0.4, -0.2) is 24.0 Å². The van der Waals surface area contributed by atoms with E-state index in [2.05, 4.69) is 34.0 Å². The molecule has 0 aliphatic carbocycles. The first kappa shape index (κ1) is 14.8. The van der Waals surface area contributed by atoms with Gasteiger partial charge in [0.05, 0.1) is 9.61 Å². The topological polar surface area (TPSA) is 29.5 Å². The van der Waals surface area contributed by atoms with Gasteiger partial charge in [0.2, 0.25) is 0 Å². The maximum absolute atomic E-state index is 12.4. The van der Waals surface area contributed by atoms with Crippen LogP contribution in [0.3, 0.4) is 0 Å². The molecule has 0 bridgehead atoms. The summed E-state index contributed by atoms with van der Waals surface area (Å²) >= 11 is 3.94. The monoisotopic (exact) mass is 413 g/mol. The summed E-state index contributed by atoms with van der Waals surface area (Å²) in [6.07, 6.45) is 2.12. The molecule has 0 saturated carbocycles. The van der Waals surface area contributed by atoms with Crippen LogP contribution in [0.2, 0.25) is 0 Å². The molecule has 1 aromatic carbocycles. The predicted octanol–water partition coefficient (Wildman–Crippen LogP) is 4.10. The lowest BCUT2D eigenvalue weighted by atomic mass is 10.2. The fourth-order valence-corrected chi connectivity index (χ4v) is 4.04. The smallest absolute Gasteiger partial charge is 0.261 e. The fourth-order valence-electron chi connectivity index (χ4n) is 2.63. The van der Waals surface area contributed by atoms with E-state index < -0.39 is 0 Å². The Hall–Kier alpha value is -1.08. The quantitative estimate of drug-likeness (QED) is 0.707. The number of nitrogens with zero attached hydrogens (tertiary/aromatic N) is 1. The zero-order valence-corrected chi connectivity index (χ0v) is 14.5. The second-order valence-corrected chi connectivity index (χ2v) is 7.12. The number of likely N-dealkylation sites (tertiary alicyclic amines) is 1. The molecule has 110 valence electrons. The van der Waals surface area contributed by atoms with Crippen molar-refractivity contribution in [1.29, 1.82) is 0 Å². The molecule has 2 aromatic rings. The van der Waals surface area contributed by atoms with Crippen LogP contribution in [0.15, 0.2) is 41.8 Å². The highest BCUT2D eigenvalue weighted by atomic mass is 127. The van der Waals surface area contributed by atoms with Crippen LogP contribution in [0.4, 0.5) is 0 Å². The molecule has 1 aromatic heterocycles. The van der Waals surface area contributed by atoms with Gasteiger partial charge in [-0.1, -0.05) is 18.2 Å². The van der Waals surface area contributed by atoms with E-state index in [0.29, 0.717) is 0 Å². The summed E-state index contributed by atoms with van der Waals surface area (Å²) in [5, 5.41) is 2.07. The average molecular weight is 413 g/mol. The van der Waals surface area contributed by atoms with Gasteiger partial charge in [-0.05, 0) is 59.0 Å². The molecule has 1 aliphatic heterocycles. The largest absolute Gasteiger partial charge is 0.483 e. The van der Waals surface area contributed by atoms with Crippen LogP contribution < -0.4 is 4.74 Å². The number of halogens is 1. The van der Waals surface area contributed by atoms with E-state index >= 15 is 0 Å². The molecule has 0 spiro atoms. The number of hydrogen-bond acceptors (Lipinski definition) is 3. The minimum atomic E-state index is 0.0746. The Morgan fingerprint density at radius 2 is 2.19 bits per heavy atom. The van der Waals surface area contributed by atoms with Gasteiger partial charge in [-0.15, -0.1) is 11.3 Å². The molecule has 1 atom stereocenters. The number of thiophene rings is 1. The molecule has 1 amide bonds. The van der Waals surface area contributed by atoms with Crippen molar-refractivity contribution in [3.8, 4) is 5.75 Å². The number of benzene rings is 1. The van der Waals surface area contributed by atoms with Gasteiger partial charge in [-0.3, -0.25) is 4.79 Å². The van der Waals surface area contributed by atoms with Gasteiger partial charge in [0.15, 0.2) is 6.61 Å². The summed E-state index contributed by atoms with van der Waals surface area (Å²) < 4.78 is 6.71. The molecular weight excluding hydrogens is 397 g/mol. The molecule has 21 heavy (non-hydrogen) atoms. The summed E-state index contributed by atoms with van der Waals surface area (Å²) in [7, 11) is 0. The summed E-state index contributed by atoms with van der Waals surface area (Å²) in [4.78, 5) is 15.7. The minimum absolute atomic E-state index is 0.0746. The van der Waals surface area contributed by atoms with Gasteiger partial charge in [0.25, 0.3) is 5.91 Å². The van der Waals surface area contributed by atoms with E-state index in [1.54, 1.807) is 11.3 Å². The first-order chi connectivity index (χ1) is 10.3. The van der Waals surface area contributed by atoms with Gasteiger partial charge in [-0.2, -0.15) is 0 Å². The summed E-state index contributed by atoms with van der Waals surface area (Å²) in [5.74, 6) is 0.851. The van der Waals surface area contributed by atoms with Crippen LogP contribution >= 0.6 is 33.9 Å². The highest BCUT2D eigenvalue weighted by molar-refractivity contribution is 14.1. The van der Waals surface area contributed by atoms with E-state index in [1.807, 2.05) is 35.2 Å². The molecule has 2 heterocycles. The third kappa shape index (κ3) is 3.40. The predicted molar refractivity (Wildman–Crippen MR) is 92.7 cm³/mol. The lowest BCUT2D eigenvalue weighted by molar-refractivity contribution is -0.134. The zero-order valence-electron chi connectivity index (χ0n) is 11.5. The minimum Gasteiger partial charge on any atom is -0.483 e. The van der Waals surface area contributed by atoms with Crippen molar-refractivity contribution < 1.29 is 9.53 Å². The third-order valence-corrected chi connectivity index (χ3v) is 5.50. The van der Waals surface area contributed by atoms with E-state index in [1.165, 1.54) is 4.88 Å². The lowest BCUT2D eigenvalue weighted by Gasteiger charge is -2.24. The standard InChI is InChI=1S/C16H16INO2S/c17-12-5-1-2-7-14(12)20-11-16(19)18-9-3-6-13(18)15-8-4-10-21-15/h1-2,4-5,7-8,10,13H,3,6,9,11H2. The van der Waals surface area contributed by atoms with Crippen LogP contribution in [0.25, 0.3) is 0 Å². The third-order valence-electron chi connectivity index (χ3n) is 3.63. The maximum atomic E-state index is 12.4. The molecule has 0 radical (unpaired) electrons. The Balaban J connectivity index is 1.64. The summed E-state index contributed by atoms with van der Waals surface area (Å²) in [6.45, 7) is 0.943. The highest BCUT2D eigenvalue weighted by Gasteiger charge is 2.30. The number of rotatable bonds is 4. The van der Waals surface area contributed by atoms with Crippen LogP contribution in [0.1, 0.15) is 23.8 Å². The first-order valence-electron chi connectivity index (χ1n) is 6.96. The Kier molecular flexibility index (Phi) is 4.80. The van der Waals surface area contributed by atoms with Crippen molar-refractivity contribution in [3.05, 3.63) is 50.2 Å². The molecule has 3 nitrogen and oxygen atoms in total. The van der Waals surface area contributed by atoms with Crippen LogP contribution in [-0.2, 0) is 4.79 Å². The maximum Gasteiger partial charge on any atom is 0.261 e. The van der Waals surface area contributed by atoms with E-state index in [9.17, 15) is 4.79 Å². The zero-order chi connectivity index (χ0) is 14.7. The number of carbonyl (C=O) groups is 1. The molecule has 5 heteroatoms. The fraction of sp³-hybridized carbons (Fsp3) is 0.312. The summed E-state index contributed by atoms with van der Waals surface area (Å²) in [5.41, 5.74) is 0. The van der Waals surface area contributed by atoms with E-state index in [0.717, 1.165) is 28.7 Å². The number of hydrogen-bond donors (Lipinski definition) is 0. The Morgan fingerprint density at radius 3 is 2.95 bits per heavy atom. The Bertz CT molecular complexity index is 614.